The molecule has 3 N–H and O–H groups in total. The second-order valence-corrected chi connectivity index (χ2v) is 7.84. The maximum absolute atomic E-state index is 6.09. The number of hydrogen-bond acceptors (Lipinski definition) is 6. The van der Waals surface area contributed by atoms with Gasteiger partial charge in [0.25, 0.3) is 0 Å². The molecule has 0 aliphatic heterocycles. The summed E-state index contributed by atoms with van der Waals surface area (Å²) in [6.07, 6.45) is 1.05. The average molecular weight is 386 g/mol. The minimum Gasteiger partial charge on any atom is -0.382 e. The predicted octanol–water partition coefficient (Wildman–Crippen LogP) is 3.64. The third kappa shape index (κ3) is 4.80. The number of nitrogen functional groups attached to an aromatic ring is 1. The van der Waals surface area contributed by atoms with Gasteiger partial charge in [0.05, 0.1) is 16.1 Å². The first-order chi connectivity index (χ1) is 13.0. The van der Waals surface area contributed by atoms with Crippen LogP contribution in [0.25, 0.3) is 11.0 Å². The summed E-state index contributed by atoms with van der Waals surface area (Å²) >= 11 is 1.68. The number of pyridine rings is 1. The number of nitrogens with one attached hydrogen (secondary N) is 1. The van der Waals surface area contributed by atoms with Crippen molar-refractivity contribution in [3.05, 3.63) is 41.3 Å². The lowest BCUT2D eigenvalue weighted by Crippen LogP contribution is -2.14. The van der Waals surface area contributed by atoms with Gasteiger partial charge < -0.3 is 20.4 Å². The molecule has 0 aliphatic rings. The summed E-state index contributed by atoms with van der Waals surface area (Å²) in [5, 5.41) is 0. The lowest BCUT2D eigenvalue weighted by molar-refractivity contribution is 0.129. The summed E-state index contributed by atoms with van der Waals surface area (Å²) in [7, 11) is 4.19. The van der Waals surface area contributed by atoms with Crippen molar-refractivity contribution in [3.63, 3.8) is 0 Å². The molecule has 0 aliphatic carbocycles. The number of fused-ring (bicyclic) bond motifs is 1. The second kappa shape index (κ2) is 8.73. The molecule has 6 nitrogen and oxygen atoms in total. The maximum atomic E-state index is 6.09. The number of hydrogen-bond donors (Lipinski definition) is 2. The van der Waals surface area contributed by atoms with E-state index in [1.54, 1.807) is 11.8 Å². The van der Waals surface area contributed by atoms with E-state index in [2.05, 4.69) is 58.2 Å². The lowest BCUT2D eigenvalue weighted by atomic mass is 10.1. The zero-order valence-corrected chi connectivity index (χ0v) is 17.2. The van der Waals surface area contributed by atoms with E-state index in [9.17, 15) is 0 Å². The quantitative estimate of drug-likeness (QED) is 0.616. The first-order valence-corrected chi connectivity index (χ1v) is 9.93. The number of nitrogens with zero attached hydrogens (tertiary/aromatic N) is 3. The predicted molar refractivity (Wildman–Crippen MR) is 111 cm³/mol. The Hall–Kier alpha value is -2.09. The van der Waals surface area contributed by atoms with Gasteiger partial charge in [0.15, 0.2) is 5.82 Å². The highest BCUT2D eigenvalue weighted by Gasteiger charge is 2.16. The molecule has 0 saturated heterocycles. The Morgan fingerprint density at radius 2 is 1.93 bits per heavy atom. The van der Waals surface area contributed by atoms with Crippen LogP contribution in [0.2, 0.25) is 0 Å². The molecule has 7 heteroatoms. The number of likely N-dealkylation sites (N-methyl/N-ethyl adjacent to an activating group) is 1. The van der Waals surface area contributed by atoms with Gasteiger partial charge >= 0.3 is 0 Å². The summed E-state index contributed by atoms with van der Waals surface area (Å²) in [6, 6.07) is 8.71. The molecular formula is C20H27N5OS. The zero-order chi connectivity index (χ0) is 19.4. The smallest absolute Gasteiger partial charge is 0.151 e. The van der Waals surface area contributed by atoms with E-state index in [4.69, 9.17) is 10.5 Å². The van der Waals surface area contributed by atoms with Crippen LogP contribution in [0.1, 0.15) is 24.0 Å². The maximum Gasteiger partial charge on any atom is 0.151 e. The Morgan fingerprint density at radius 1 is 1.19 bits per heavy atom. The number of nitrogens with two attached hydrogens (primary N) is 1. The van der Waals surface area contributed by atoms with Crippen LogP contribution in [0.3, 0.4) is 0 Å². The number of rotatable bonds is 8. The number of imidazole rings is 1. The van der Waals surface area contributed by atoms with Gasteiger partial charge in [0.1, 0.15) is 17.9 Å². The van der Waals surface area contributed by atoms with E-state index in [1.165, 1.54) is 10.5 Å². The Labute approximate surface area is 164 Å². The minimum atomic E-state index is 0.439. The van der Waals surface area contributed by atoms with Gasteiger partial charge in [-0.05, 0) is 52.1 Å². The summed E-state index contributed by atoms with van der Waals surface area (Å²) in [6.45, 7) is 6.07. The van der Waals surface area contributed by atoms with Crippen LogP contribution >= 0.6 is 11.8 Å². The number of aromatic amines is 1. The molecule has 2 aromatic heterocycles. The molecule has 0 bridgehead atoms. The van der Waals surface area contributed by atoms with Crippen molar-refractivity contribution in [2.45, 2.75) is 36.7 Å². The summed E-state index contributed by atoms with van der Waals surface area (Å²) in [4.78, 5) is 16.8. The molecule has 3 rings (SSSR count). The van der Waals surface area contributed by atoms with Gasteiger partial charge in [-0.25, -0.2) is 9.97 Å². The molecule has 0 spiro atoms. The van der Waals surface area contributed by atoms with E-state index in [0.29, 0.717) is 24.5 Å². The minimum absolute atomic E-state index is 0.439. The van der Waals surface area contributed by atoms with Crippen molar-refractivity contribution in [1.29, 1.82) is 0 Å². The molecule has 0 radical (unpaired) electrons. The van der Waals surface area contributed by atoms with Gasteiger partial charge in [0.2, 0.25) is 0 Å². The third-order valence-electron chi connectivity index (χ3n) is 4.27. The van der Waals surface area contributed by atoms with Crippen LogP contribution in [0.4, 0.5) is 5.82 Å². The van der Waals surface area contributed by atoms with E-state index < -0.39 is 0 Å². The van der Waals surface area contributed by atoms with Crippen molar-refractivity contribution >= 4 is 28.6 Å². The molecule has 0 amide bonds. The Bertz CT molecular complexity index is 905. The summed E-state index contributed by atoms with van der Waals surface area (Å²) in [5.41, 5.74) is 9.96. The molecule has 2 heterocycles. The van der Waals surface area contributed by atoms with Crippen LogP contribution in [-0.4, -0.2) is 47.1 Å². The van der Waals surface area contributed by atoms with Crippen molar-refractivity contribution in [2.75, 3.05) is 33.0 Å². The van der Waals surface area contributed by atoms with Gasteiger partial charge in [-0.1, -0.05) is 23.9 Å². The lowest BCUT2D eigenvalue weighted by Gasteiger charge is -2.10. The molecule has 0 saturated carbocycles. The molecule has 3 aromatic rings. The highest BCUT2D eigenvalue weighted by atomic mass is 32.2. The number of aromatic nitrogens is 3. The fourth-order valence-corrected chi connectivity index (χ4v) is 3.77. The normalized spacial score (nSPS) is 11.6. The van der Waals surface area contributed by atoms with Crippen molar-refractivity contribution in [2.24, 2.45) is 0 Å². The monoisotopic (exact) mass is 385 g/mol. The SMILES string of the molecule is CCOCc1nc2c(N)nc(C)c(Sc3ccc(CCN(C)C)cc3)c2[nH]1. The molecule has 27 heavy (non-hydrogen) atoms. The number of benzene rings is 1. The van der Waals surface area contributed by atoms with E-state index in [-0.39, 0.29) is 0 Å². The van der Waals surface area contributed by atoms with Crippen molar-refractivity contribution < 1.29 is 4.74 Å². The van der Waals surface area contributed by atoms with E-state index in [1.807, 2.05) is 13.8 Å². The second-order valence-electron chi connectivity index (χ2n) is 6.76. The highest BCUT2D eigenvalue weighted by Crippen LogP contribution is 2.36. The summed E-state index contributed by atoms with van der Waals surface area (Å²) < 4.78 is 5.47. The van der Waals surface area contributed by atoms with Crippen LogP contribution in [-0.2, 0) is 17.8 Å². The molecular weight excluding hydrogens is 358 g/mol. The molecule has 0 atom stereocenters. The van der Waals surface area contributed by atoms with Crippen LogP contribution in [0.15, 0.2) is 34.1 Å². The van der Waals surface area contributed by atoms with Crippen LogP contribution in [0.5, 0.6) is 0 Å². The fraction of sp³-hybridized carbons (Fsp3) is 0.400. The molecule has 1 aromatic carbocycles. The Balaban J connectivity index is 1.86. The van der Waals surface area contributed by atoms with Gasteiger partial charge in [-0.3, -0.25) is 0 Å². The third-order valence-corrected chi connectivity index (χ3v) is 5.48. The van der Waals surface area contributed by atoms with E-state index in [0.717, 1.165) is 34.9 Å². The fourth-order valence-electron chi connectivity index (χ4n) is 2.82. The Morgan fingerprint density at radius 3 is 2.59 bits per heavy atom. The molecule has 144 valence electrons. The first-order valence-electron chi connectivity index (χ1n) is 9.11. The standard InChI is InChI=1S/C20H27N5OS/c1-5-26-12-16-23-17-18(24-16)20(21)22-13(2)19(17)27-15-8-6-14(7-9-15)10-11-25(3)4/h6-9H,5,10-12H2,1-4H3,(H2,21,22)(H,23,24). The number of ether oxygens (including phenoxy) is 1. The van der Waals surface area contributed by atoms with Gasteiger partial charge in [-0.15, -0.1) is 0 Å². The average Bonchev–Trinajstić information content (AvgIpc) is 3.07. The summed E-state index contributed by atoms with van der Waals surface area (Å²) in [5.74, 6) is 1.22. The first kappa shape index (κ1) is 19.7. The number of anilines is 1. The number of H-pyrrole nitrogens is 1. The van der Waals surface area contributed by atoms with Gasteiger partial charge in [-0.2, -0.15) is 0 Å². The van der Waals surface area contributed by atoms with Crippen LogP contribution < -0.4 is 5.73 Å². The van der Waals surface area contributed by atoms with E-state index >= 15 is 0 Å². The molecule has 0 fully saturated rings. The van der Waals surface area contributed by atoms with Crippen molar-refractivity contribution in [3.8, 4) is 0 Å². The highest BCUT2D eigenvalue weighted by molar-refractivity contribution is 7.99. The van der Waals surface area contributed by atoms with Gasteiger partial charge in [0, 0.05) is 18.0 Å². The Kier molecular flexibility index (Phi) is 6.36. The largest absolute Gasteiger partial charge is 0.382 e. The van der Waals surface area contributed by atoms with Crippen molar-refractivity contribution in [1.82, 2.24) is 19.9 Å². The zero-order valence-electron chi connectivity index (χ0n) is 16.4. The number of aryl methyl sites for hydroxylation is 1. The van der Waals surface area contributed by atoms with Crippen LogP contribution in [0, 0.1) is 6.92 Å². The topological polar surface area (TPSA) is 80.1 Å². The molecule has 0 unspecified atom stereocenters.